The minimum absolute atomic E-state index is 0.296. The van der Waals surface area contributed by atoms with Crippen molar-refractivity contribution >= 4 is 17.1 Å². The van der Waals surface area contributed by atoms with Crippen LogP contribution < -0.4 is 16.4 Å². The molecule has 0 amide bonds. The molecule has 33 heavy (non-hydrogen) atoms. The molecule has 0 fully saturated rings. The van der Waals surface area contributed by atoms with Gasteiger partial charge in [0, 0.05) is 29.8 Å². The van der Waals surface area contributed by atoms with E-state index in [0.717, 1.165) is 54.4 Å². The highest BCUT2D eigenvalue weighted by Crippen LogP contribution is 2.34. The van der Waals surface area contributed by atoms with Crippen molar-refractivity contribution < 1.29 is 0 Å². The zero-order chi connectivity index (χ0) is 23.2. The molecule has 0 saturated heterocycles. The van der Waals surface area contributed by atoms with E-state index in [1.165, 1.54) is 16.5 Å². The average molecular weight is 443 g/mol. The molecule has 1 aliphatic rings. The first-order valence-corrected chi connectivity index (χ1v) is 11.9. The summed E-state index contributed by atoms with van der Waals surface area (Å²) >= 11 is 0. The molecule has 0 bridgehead atoms. The van der Waals surface area contributed by atoms with Gasteiger partial charge in [0.2, 0.25) is 0 Å². The molecule has 172 valence electrons. The van der Waals surface area contributed by atoms with Crippen molar-refractivity contribution in [2.24, 2.45) is 5.73 Å². The predicted molar refractivity (Wildman–Crippen MR) is 139 cm³/mol. The third kappa shape index (κ3) is 4.58. The summed E-state index contributed by atoms with van der Waals surface area (Å²) in [7, 11) is 0. The van der Waals surface area contributed by atoms with Gasteiger partial charge in [0.15, 0.2) is 0 Å². The minimum atomic E-state index is -0.296. The van der Waals surface area contributed by atoms with E-state index in [-0.39, 0.29) is 6.17 Å². The van der Waals surface area contributed by atoms with Crippen LogP contribution in [0.2, 0.25) is 0 Å². The van der Waals surface area contributed by atoms with Crippen molar-refractivity contribution in [2.75, 3.05) is 13.1 Å². The van der Waals surface area contributed by atoms with Crippen molar-refractivity contribution in [2.45, 2.75) is 39.8 Å². The van der Waals surface area contributed by atoms with E-state index in [9.17, 15) is 0 Å². The summed E-state index contributed by atoms with van der Waals surface area (Å²) in [4.78, 5) is 8.68. The molecule has 1 atom stereocenters. The zero-order valence-electron chi connectivity index (χ0n) is 19.7. The zero-order valence-corrected chi connectivity index (χ0v) is 19.7. The number of nitrogens with two attached hydrogens (primary N) is 1. The summed E-state index contributed by atoms with van der Waals surface area (Å²) in [6.07, 6.45) is 5.55. The lowest BCUT2D eigenvalue weighted by atomic mass is 10.0. The van der Waals surface area contributed by atoms with Gasteiger partial charge in [-0.25, -0.2) is 4.98 Å². The van der Waals surface area contributed by atoms with Crippen LogP contribution in [0.3, 0.4) is 0 Å². The number of nitrogens with zero attached hydrogens (tertiary/aromatic N) is 2. The number of aromatic amines is 1. The topological polar surface area (TPSA) is 83.7 Å². The second-order valence-electron chi connectivity index (χ2n) is 7.87. The second-order valence-corrected chi connectivity index (χ2v) is 7.87. The molecule has 0 radical (unpaired) electrons. The van der Waals surface area contributed by atoms with Crippen LogP contribution in [0.25, 0.3) is 39.6 Å². The molecule has 6 nitrogen and oxygen atoms in total. The van der Waals surface area contributed by atoms with Gasteiger partial charge in [-0.2, -0.15) is 0 Å². The molecular formula is C27H34N6. The number of rotatable bonds is 7. The molecule has 1 aliphatic heterocycles. The second kappa shape index (κ2) is 10.5. The highest BCUT2D eigenvalue weighted by Gasteiger charge is 2.25. The van der Waals surface area contributed by atoms with E-state index in [1.54, 1.807) is 0 Å². The van der Waals surface area contributed by atoms with Crippen LogP contribution in [0, 0.1) is 0 Å². The van der Waals surface area contributed by atoms with Crippen LogP contribution in [0.1, 0.15) is 44.9 Å². The van der Waals surface area contributed by atoms with Crippen LogP contribution in [-0.4, -0.2) is 27.6 Å². The average Bonchev–Trinajstić information content (AvgIpc) is 3.46. The maximum absolute atomic E-state index is 6.44. The van der Waals surface area contributed by atoms with Crippen molar-refractivity contribution in [3.63, 3.8) is 0 Å². The van der Waals surface area contributed by atoms with E-state index in [0.29, 0.717) is 0 Å². The summed E-state index contributed by atoms with van der Waals surface area (Å²) < 4.78 is 2.14. The number of H-pyrrole nitrogens is 1. The number of aryl methyl sites for hydroxylation is 1. The van der Waals surface area contributed by atoms with Gasteiger partial charge in [-0.1, -0.05) is 69.3 Å². The largest absolute Gasteiger partial charge is 0.370 e. The van der Waals surface area contributed by atoms with E-state index >= 15 is 0 Å². The number of fused-ring (bicyclic) bond motifs is 2. The lowest BCUT2D eigenvalue weighted by molar-refractivity contribution is 0.598. The quantitative estimate of drug-likeness (QED) is 0.294. The van der Waals surface area contributed by atoms with Gasteiger partial charge in [0.05, 0.1) is 16.9 Å². The molecule has 0 aliphatic carbocycles. The van der Waals surface area contributed by atoms with Gasteiger partial charge in [0.1, 0.15) is 17.7 Å². The first kappa shape index (κ1) is 22.8. The SMILES string of the molecule is CC.CCNCCCc1nc(-c2cc3cccc(-c4ccccc4)c3[nH]2)c2n1C=CNC2N. The van der Waals surface area contributed by atoms with Crippen LogP contribution in [0.15, 0.2) is 60.8 Å². The van der Waals surface area contributed by atoms with Crippen molar-refractivity contribution in [3.8, 4) is 22.5 Å². The fourth-order valence-corrected chi connectivity index (χ4v) is 4.32. The normalized spacial score (nSPS) is 14.5. The number of hydrogen-bond acceptors (Lipinski definition) is 4. The van der Waals surface area contributed by atoms with Crippen LogP contribution in [0.5, 0.6) is 0 Å². The number of imidazole rings is 1. The summed E-state index contributed by atoms with van der Waals surface area (Å²) in [6, 6.07) is 19.0. The van der Waals surface area contributed by atoms with Crippen molar-refractivity contribution in [1.82, 2.24) is 25.2 Å². The van der Waals surface area contributed by atoms with Crippen LogP contribution in [0.4, 0.5) is 0 Å². The number of hydrogen-bond donors (Lipinski definition) is 4. The maximum atomic E-state index is 6.44. The summed E-state index contributed by atoms with van der Waals surface area (Å²) in [5, 5.41) is 7.77. The lowest BCUT2D eigenvalue weighted by Gasteiger charge is -2.20. The molecule has 0 spiro atoms. The molecular weight excluding hydrogens is 408 g/mol. The van der Waals surface area contributed by atoms with Crippen molar-refractivity contribution in [3.05, 3.63) is 72.3 Å². The van der Waals surface area contributed by atoms with Gasteiger partial charge in [-0.05, 0) is 31.1 Å². The minimum Gasteiger partial charge on any atom is -0.370 e. The monoisotopic (exact) mass is 442 g/mol. The fraction of sp³-hybridized carbons (Fsp3) is 0.296. The third-order valence-corrected chi connectivity index (χ3v) is 5.82. The predicted octanol–water partition coefficient (Wildman–Crippen LogP) is 5.26. The highest BCUT2D eigenvalue weighted by molar-refractivity contribution is 5.97. The Kier molecular flexibility index (Phi) is 7.27. The standard InChI is InChI=1S/C25H28N6.C2H6/c1-2-27-13-7-12-21-30-23(24-25(26)28-14-15-31(21)24)20-16-18-10-6-11-19(22(18)29-20)17-8-4-3-5-9-17;1-2/h3-6,8-11,14-16,25,27-29H,2,7,12-13,26H2,1H3;1-2H3. The van der Waals surface area contributed by atoms with Gasteiger partial charge in [-0.15, -0.1) is 0 Å². The Morgan fingerprint density at radius 2 is 1.91 bits per heavy atom. The Morgan fingerprint density at radius 3 is 2.70 bits per heavy atom. The Labute approximate surface area is 195 Å². The lowest BCUT2D eigenvalue weighted by Crippen LogP contribution is -2.30. The highest BCUT2D eigenvalue weighted by atomic mass is 15.2. The number of benzene rings is 2. The summed E-state index contributed by atoms with van der Waals surface area (Å²) in [5.41, 5.74) is 12.8. The third-order valence-electron chi connectivity index (χ3n) is 5.82. The summed E-state index contributed by atoms with van der Waals surface area (Å²) in [5.74, 6) is 1.04. The first-order valence-electron chi connectivity index (χ1n) is 11.9. The van der Waals surface area contributed by atoms with E-state index < -0.39 is 0 Å². The molecule has 5 rings (SSSR count). The number of para-hydroxylation sites is 1. The van der Waals surface area contributed by atoms with Gasteiger partial charge >= 0.3 is 0 Å². The molecule has 4 aromatic rings. The van der Waals surface area contributed by atoms with E-state index in [1.807, 2.05) is 32.3 Å². The van der Waals surface area contributed by atoms with Crippen molar-refractivity contribution in [1.29, 1.82) is 0 Å². The van der Waals surface area contributed by atoms with E-state index in [4.69, 9.17) is 10.7 Å². The Balaban J connectivity index is 0.00000126. The molecule has 5 N–H and O–H groups in total. The summed E-state index contributed by atoms with van der Waals surface area (Å²) in [6.45, 7) is 8.09. The number of nitrogens with one attached hydrogen (secondary N) is 3. The first-order chi connectivity index (χ1) is 16.3. The van der Waals surface area contributed by atoms with Gasteiger partial charge in [-0.3, -0.25) is 0 Å². The van der Waals surface area contributed by atoms with Gasteiger partial charge in [0.25, 0.3) is 0 Å². The van der Waals surface area contributed by atoms with Gasteiger partial charge < -0.3 is 25.9 Å². The Hall–Kier alpha value is -3.35. The smallest absolute Gasteiger partial charge is 0.118 e. The van der Waals surface area contributed by atoms with E-state index in [2.05, 4.69) is 75.6 Å². The fourth-order valence-electron chi connectivity index (χ4n) is 4.32. The molecule has 2 aromatic carbocycles. The molecule has 3 heterocycles. The molecule has 6 heteroatoms. The van der Waals surface area contributed by atoms with Crippen LogP contribution >= 0.6 is 0 Å². The molecule has 1 unspecified atom stereocenters. The maximum Gasteiger partial charge on any atom is 0.118 e. The Bertz CT molecular complexity index is 1220. The molecule has 2 aromatic heterocycles. The molecule has 0 saturated carbocycles. The number of aromatic nitrogens is 3. The van der Waals surface area contributed by atoms with Crippen LogP contribution in [-0.2, 0) is 6.42 Å². The Morgan fingerprint density at radius 1 is 1.09 bits per heavy atom.